The van der Waals surface area contributed by atoms with Gasteiger partial charge in [0, 0.05) is 25.6 Å². The molecule has 0 aromatic carbocycles. The van der Waals surface area contributed by atoms with Crippen LogP contribution in [0.1, 0.15) is 66.7 Å². The summed E-state index contributed by atoms with van der Waals surface area (Å²) in [6.45, 7) is 15.2. The summed E-state index contributed by atoms with van der Waals surface area (Å²) in [4.78, 5) is 16.9. The molecule has 0 saturated carbocycles. The highest BCUT2D eigenvalue weighted by molar-refractivity contribution is 5.76. The van der Waals surface area contributed by atoms with Crippen LogP contribution in [0.5, 0.6) is 0 Å². The fourth-order valence-corrected chi connectivity index (χ4v) is 3.31. The lowest BCUT2D eigenvalue weighted by atomic mass is 9.91. The fraction of sp³-hybridized carbons (Fsp3) is 0.944. The van der Waals surface area contributed by atoms with Crippen molar-refractivity contribution in [3.8, 4) is 0 Å². The summed E-state index contributed by atoms with van der Waals surface area (Å²) in [5.74, 6) is 1.84. The number of hydrogen-bond donors (Lipinski definition) is 0. The Morgan fingerprint density at radius 2 is 1.52 bits per heavy atom. The average Bonchev–Trinajstić information content (AvgIpc) is 2.50. The van der Waals surface area contributed by atoms with Crippen molar-refractivity contribution in [2.75, 3.05) is 26.2 Å². The second-order valence-corrected chi connectivity index (χ2v) is 6.84. The third-order valence-electron chi connectivity index (χ3n) is 4.98. The molecule has 0 N–H and O–H groups in total. The first-order valence-corrected chi connectivity index (χ1v) is 9.08. The van der Waals surface area contributed by atoms with Crippen molar-refractivity contribution in [2.24, 2.45) is 11.8 Å². The van der Waals surface area contributed by atoms with E-state index < -0.39 is 0 Å². The van der Waals surface area contributed by atoms with Crippen LogP contribution in [0.15, 0.2) is 0 Å². The zero-order chi connectivity index (χ0) is 15.8. The topological polar surface area (TPSA) is 23.6 Å². The smallest absolute Gasteiger partial charge is 0.222 e. The summed E-state index contributed by atoms with van der Waals surface area (Å²) in [5, 5.41) is 0. The molecule has 2 aliphatic rings. The van der Waals surface area contributed by atoms with Crippen LogP contribution in [0.25, 0.3) is 0 Å². The van der Waals surface area contributed by atoms with Crippen LogP contribution in [0.4, 0.5) is 0 Å². The Labute approximate surface area is 132 Å². The van der Waals surface area contributed by atoms with E-state index in [2.05, 4.69) is 30.6 Å². The molecule has 0 bridgehead atoms. The van der Waals surface area contributed by atoms with Crippen LogP contribution in [0, 0.1) is 11.8 Å². The molecular weight excluding hydrogens is 260 g/mol. The molecule has 124 valence electrons. The van der Waals surface area contributed by atoms with Crippen molar-refractivity contribution >= 4 is 5.91 Å². The van der Waals surface area contributed by atoms with Gasteiger partial charge < -0.3 is 9.80 Å². The number of likely N-dealkylation sites (tertiary alicyclic amines) is 2. The van der Waals surface area contributed by atoms with Crippen LogP contribution in [-0.2, 0) is 4.79 Å². The third kappa shape index (κ3) is 5.98. The molecule has 0 radical (unpaired) electrons. The Kier molecular flexibility index (Phi) is 8.31. The van der Waals surface area contributed by atoms with E-state index in [4.69, 9.17) is 0 Å². The highest BCUT2D eigenvalue weighted by Crippen LogP contribution is 2.24. The number of carbonyl (C=O) groups excluding carboxylic acids is 1. The molecule has 0 aliphatic carbocycles. The first-order chi connectivity index (χ1) is 10.1. The van der Waals surface area contributed by atoms with Crippen molar-refractivity contribution in [1.82, 2.24) is 9.80 Å². The summed E-state index contributed by atoms with van der Waals surface area (Å²) in [5.41, 5.74) is 0. The predicted octanol–water partition coefficient (Wildman–Crippen LogP) is 3.78. The largest absolute Gasteiger partial charge is 0.343 e. The first kappa shape index (κ1) is 18.5. The molecule has 3 heteroatoms. The van der Waals surface area contributed by atoms with Gasteiger partial charge in [-0.05, 0) is 64.5 Å². The van der Waals surface area contributed by atoms with Crippen LogP contribution in [0.3, 0.4) is 0 Å². The molecule has 1 amide bonds. The Balaban J connectivity index is 0.00000106. The number of amides is 1. The normalized spacial score (nSPS) is 22.1. The van der Waals surface area contributed by atoms with Gasteiger partial charge >= 0.3 is 0 Å². The Morgan fingerprint density at radius 1 is 1.00 bits per heavy atom. The van der Waals surface area contributed by atoms with E-state index in [9.17, 15) is 4.79 Å². The molecule has 3 nitrogen and oxygen atoms in total. The van der Waals surface area contributed by atoms with Crippen molar-refractivity contribution in [3.05, 3.63) is 0 Å². The molecule has 2 fully saturated rings. The zero-order valence-electron chi connectivity index (χ0n) is 14.9. The molecule has 0 spiro atoms. The summed E-state index contributed by atoms with van der Waals surface area (Å²) < 4.78 is 0. The van der Waals surface area contributed by atoms with E-state index in [0.29, 0.717) is 17.9 Å². The monoisotopic (exact) mass is 296 g/mol. The van der Waals surface area contributed by atoms with E-state index in [-0.39, 0.29) is 0 Å². The number of nitrogens with zero attached hydrogens (tertiary/aromatic N) is 2. The lowest BCUT2D eigenvalue weighted by Gasteiger charge is -2.36. The lowest BCUT2D eigenvalue weighted by molar-refractivity contribution is -0.133. The van der Waals surface area contributed by atoms with Gasteiger partial charge in [-0.3, -0.25) is 4.79 Å². The molecule has 0 aromatic heterocycles. The van der Waals surface area contributed by atoms with Gasteiger partial charge in [-0.2, -0.15) is 0 Å². The Hall–Kier alpha value is -0.570. The summed E-state index contributed by atoms with van der Waals surface area (Å²) in [7, 11) is 0. The Bertz CT molecular complexity index is 288. The van der Waals surface area contributed by atoms with Gasteiger partial charge in [0.15, 0.2) is 0 Å². The van der Waals surface area contributed by atoms with E-state index in [0.717, 1.165) is 25.4 Å². The minimum absolute atomic E-state index is 0.412. The maximum absolute atomic E-state index is 12.3. The summed E-state index contributed by atoms with van der Waals surface area (Å²) >= 11 is 0. The minimum Gasteiger partial charge on any atom is -0.343 e. The summed E-state index contributed by atoms with van der Waals surface area (Å²) in [6.07, 6.45) is 5.58. The molecule has 0 atom stereocenters. The fourth-order valence-electron chi connectivity index (χ4n) is 3.31. The highest BCUT2D eigenvalue weighted by atomic mass is 16.2. The van der Waals surface area contributed by atoms with Gasteiger partial charge in [-0.25, -0.2) is 0 Å². The molecule has 2 heterocycles. The van der Waals surface area contributed by atoms with Crippen LogP contribution in [0.2, 0.25) is 0 Å². The average molecular weight is 296 g/mol. The van der Waals surface area contributed by atoms with Gasteiger partial charge in [0.1, 0.15) is 0 Å². The second-order valence-electron chi connectivity index (χ2n) is 6.84. The number of piperidine rings is 2. The molecule has 21 heavy (non-hydrogen) atoms. The van der Waals surface area contributed by atoms with Crippen LogP contribution < -0.4 is 0 Å². The standard InChI is InChI=1S/C16H30N2O.C2H6/c1-13(2)17-10-6-15(7-11-17)12-16(19)18-8-4-14(3)5-9-18;1-2/h13-15H,4-12H2,1-3H3;1-2H3. The number of rotatable bonds is 3. The van der Waals surface area contributed by atoms with E-state index in [1.54, 1.807) is 0 Å². The molecule has 0 unspecified atom stereocenters. The molecule has 2 aliphatic heterocycles. The first-order valence-electron chi connectivity index (χ1n) is 9.08. The quantitative estimate of drug-likeness (QED) is 0.791. The second kappa shape index (κ2) is 9.45. The van der Waals surface area contributed by atoms with Gasteiger partial charge in [-0.15, -0.1) is 0 Å². The van der Waals surface area contributed by atoms with E-state index >= 15 is 0 Å². The van der Waals surface area contributed by atoms with Crippen molar-refractivity contribution in [1.29, 1.82) is 0 Å². The zero-order valence-corrected chi connectivity index (χ0v) is 14.9. The van der Waals surface area contributed by atoms with E-state index in [1.807, 2.05) is 13.8 Å². The summed E-state index contributed by atoms with van der Waals surface area (Å²) in [6, 6.07) is 0.653. The maximum Gasteiger partial charge on any atom is 0.222 e. The van der Waals surface area contributed by atoms with Crippen molar-refractivity contribution in [3.63, 3.8) is 0 Å². The Morgan fingerprint density at radius 3 is 2.00 bits per heavy atom. The van der Waals surface area contributed by atoms with E-state index in [1.165, 1.54) is 38.8 Å². The molecule has 0 aromatic rings. The van der Waals surface area contributed by atoms with Crippen LogP contribution in [-0.4, -0.2) is 47.9 Å². The van der Waals surface area contributed by atoms with Gasteiger partial charge in [-0.1, -0.05) is 20.8 Å². The van der Waals surface area contributed by atoms with Gasteiger partial charge in [0.05, 0.1) is 0 Å². The van der Waals surface area contributed by atoms with Gasteiger partial charge in [0.2, 0.25) is 5.91 Å². The van der Waals surface area contributed by atoms with Crippen molar-refractivity contribution in [2.45, 2.75) is 72.8 Å². The molecule has 2 rings (SSSR count). The number of carbonyl (C=O) groups is 1. The van der Waals surface area contributed by atoms with Gasteiger partial charge in [0.25, 0.3) is 0 Å². The minimum atomic E-state index is 0.412. The molecular formula is C18H36N2O. The number of hydrogen-bond acceptors (Lipinski definition) is 2. The SMILES string of the molecule is CC.CC1CCN(C(=O)CC2CCN(C(C)C)CC2)CC1. The van der Waals surface area contributed by atoms with Crippen LogP contribution >= 0.6 is 0 Å². The predicted molar refractivity (Wildman–Crippen MR) is 90.4 cm³/mol. The highest BCUT2D eigenvalue weighted by Gasteiger charge is 2.26. The third-order valence-corrected chi connectivity index (χ3v) is 4.98. The molecule has 2 saturated heterocycles. The maximum atomic E-state index is 12.3. The van der Waals surface area contributed by atoms with Crippen molar-refractivity contribution < 1.29 is 4.79 Å². The lowest BCUT2D eigenvalue weighted by Crippen LogP contribution is -2.42.